The molecule has 0 heterocycles. The fraction of sp³-hybridized carbons (Fsp3) is 0.889. The lowest BCUT2D eigenvalue weighted by atomic mass is 10.2. The van der Waals surface area contributed by atoms with Crippen LogP contribution >= 0.6 is 0 Å². The van der Waals surface area contributed by atoms with E-state index in [9.17, 15) is 4.79 Å². The third kappa shape index (κ3) is 8.90. The summed E-state index contributed by atoms with van der Waals surface area (Å²) < 4.78 is 5.04. The van der Waals surface area contributed by atoms with Gasteiger partial charge in [-0.1, -0.05) is 12.0 Å². The molecule has 0 aliphatic rings. The predicted molar refractivity (Wildman–Crippen MR) is 57.4 cm³/mol. The van der Waals surface area contributed by atoms with Gasteiger partial charge in [0.15, 0.2) is 0 Å². The Morgan fingerprint density at radius 2 is 2.20 bits per heavy atom. The van der Waals surface area contributed by atoms with Crippen molar-refractivity contribution >= 4 is 6.09 Å². The molecule has 0 saturated heterocycles. The van der Waals surface area contributed by atoms with Crippen LogP contribution in [0, 0.1) is 5.92 Å². The molecule has 1 N–H and O–H groups in total. The van der Waals surface area contributed by atoms with Gasteiger partial charge in [0, 0.05) is 18.0 Å². The van der Waals surface area contributed by atoms with Crippen LogP contribution in [0.5, 0.6) is 0 Å². The highest BCUT2D eigenvalue weighted by molar-refractivity contribution is 5.67. The number of carbonyl (C=O) groups is 1. The van der Waals surface area contributed by atoms with Crippen molar-refractivity contribution in [2.45, 2.75) is 33.3 Å². The van der Waals surface area contributed by atoms with Crippen LogP contribution in [0.3, 0.4) is 0 Å². The summed E-state index contributed by atoms with van der Waals surface area (Å²) in [7, 11) is 0. The van der Waals surface area contributed by atoms with Crippen LogP contribution in [0.2, 0.25) is 0 Å². The fourth-order valence-electron chi connectivity index (χ4n) is 0.812. The molecule has 6 heteroatoms. The highest BCUT2D eigenvalue weighted by atomic mass is 16.6. The maximum absolute atomic E-state index is 11.2. The highest BCUT2D eigenvalue weighted by Crippen LogP contribution is 2.06. The van der Waals surface area contributed by atoms with E-state index in [1.807, 2.05) is 6.92 Å². The first-order chi connectivity index (χ1) is 6.85. The Hall–Kier alpha value is -1.42. The van der Waals surface area contributed by atoms with Gasteiger partial charge in [-0.2, -0.15) is 0 Å². The van der Waals surface area contributed by atoms with E-state index < -0.39 is 11.7 Å². The topological polar surface area (TPSA) is 87.1 Å². The minimum Gasteiger partial charge on any atom is -0.444 e. The monoisotopic (exact) mass is 214 g/mol. The molecule has 0 aliphatic carbocycles. The first-order valence-corrected chi connectivity index (χ1v) is 4.83. The molecule has 0 unspecified atom stereocenters. The predicted octanol–water partition coefficient (Wildman–Crippen LogP) is 2.46. The second-order valence-electron chi connectivity index (χ2n) is 4.40. The molecule has 1 atom stereocenters. The Kier molecular flexibility index (Phi) is 5.56. The lowest BCUT2D eigenvalue weighted by Crippen LogP contribution is -2.35. The Balaban J connectivity index is 3.76. The molecule has 0 rings (SSSR count). The lowest BCUT2D eigenvalue weighted by Gasteiger charge is -2.20. The van der Waals surface area contributed by atoms with Crippen molar-refractivity contribution in [2.24, 2.45) is 11.0 Å². The summed E-state index contributed by atoms with van der Waals surface area (Å²) in [6.07, 6.45) is -0.449. The van der Waals surface area contributed by atoms with Crippen molar-refractivity contribution < 1.29 is 9.53 Å². The highest BCUT2D eigenvalue weighted by Gasteiger charge is 2.16. The Morgan fingerprint density at radius 1 is 1.60 bits per heavy atom. The number of amides is 1. The van der Waals surface area contributed by atoms with E-state index in [-0.39, 0.29) is 5.92 Å². The van der Waals surface area contributed by atoms with Crippen molar-refractivity contribution in [2.75, 3.05) is 13.1 Å². The third-order valence-electron chi connectivity index (χ3n) is 1.45. The minimum absolute atomic E-state index is 0.105. The van der Waals surface area contributed by atoms with Crippen molar-refractivity contribution in [3.8, 4) is 0 Å². The van der Waals surface area contributed by atoms with Crippen LogP contribution in [0.4, 0.5) is 4.79 Å². The second kappa shape index (κ2) is 6.14. The molecule has 0 fully saturated rings. The SMILES string of the molecule is C[C@H](CN=[N+]=[N-])CNC(=O)OC(C)(C)C. The number of azide groups is 1. The van der Waals surface area contributed by atoms with Crippen molar-refractivity contribution in [3.63, 3.8) is 0 Å². The number of nitrogens with zero attached hydrogens (tertiary/aromatic N) is 3. The zero-order valence-electron chi connectivity index (χ0n) is 9.65. The molecule has 0 spiro atoms. The largest absolute Gasteiger partial charge is 0.444 e. The van der Waals surface area contributed by atoms with Gasteiger partial charge < -0.3 is 10.1 Å². The number of rotatable bonds is 4. The van der Waals surface area contributed by atoms with Crippen molar-refractivity contribution in [1.29, 1.82) is 0 Å². The summed E-state index contributed by atoms with van der Waals surface area (Å²) in [6, 6.07) is 0. The van der Waals surface area contributed by atoms with E-state index in [0.717, 1.165) is 0 Å². The van der Waals surface area contributed by atoms with Crippen molar-refractivity contribution in [1.82, 2.24) is 5.32 Å². The van der Waals surface area contributed by atoms with Gasteiger partial charge in [-0.15, -0.1) is 0 Å². The van der Waals surface area contributed by atoms with Gasteiger partial charge in [0.25, 0.3) is 0 Å². The molecule has 0 saturated carbocycles. The summed E-state index contributed by atoms with van der Waals surface area (Å²) in [5.41, 5.74) is 7.60. The molecule has 1 amide bonds. The van der Waals surface area contributed by atoms with Gasteiger partial charge in [0.05, 0.1) is 0 Å². The van der Waals surface area contributed by atoms with E-state index in [2.05, 4.69) is 15.3 Å². The molecule has 0 bridgehead atoms. The zero-order chi connectivity index (χ0) is 11.9. The standard InChI is InChI=1S/C9H18N4O2/c1-7(6-12-13-10)5-11-8(14)15-9(2,3)4/h7H,5-6H2,1-4H3,(H,11,14)/t7-/m0/s1. The minimum atomic E-state index is -0.488. The number of nitrogens with one attached hydrogen (secondary N) is 1. The van der Waals surface area contributed by atoms with Crippen LogP contribution < -0.4 is 5.32 Å². The smallest absolute Gasteiger partial charge is 0.407 e. The van der Waals surface area contributed by atoms with Gasteiger partial charge in [0.1, 0.15) is 5.60 Å². The molecule has 0 aromatic rings. The Labute approximate surface area is 89.6 Å². The molecule has 6 nitrogen and oxygen atoms in total. The summed E-state index contributed by atoms with van der Waals surface area (Å²) in [5, 5.41) is 6.02. The molecule has 0 radical (unpaired) electrons. The first-order valence-electron chi connectivity index (χ1n) is 4.83. The third-order valence-corrected chi connectivity index (χ3v) is 1.45. The average molecular weight is 214 g/mol. The molecule has 15 heavy (non-hydrogen) atoms. The number of ether oxygens (including phenoxy) is 1. The molecule has 0 aromatic heterocycles. The van der Waals surface area contributed by atoms with Crippen LogP contribution in [-0.4, -0.2) is 24.8 Å². The summed E-state index contributed by atoms with van der Waals surface area (Å²) in [6.45, 7) is 8.09. The van der Waals surface area contributed by atoms with Gasteiger partial charge >= 0.3 is 6.09 Å². The van der Waals surface area contributed by atoms with E-state index in [1.54, 1.807) is 20.8 Å². The Morgan fingerprint density at radius 3 is 2.67 bits per heavy atom. The van der Waals surface area contributed by atoms with Gasteiger partial charge in [-0.3, -0.25) is 0 Å². The summed E-state index contributed by atoms with van der Waals surface area (Å²) >= 11 is 0. The molecule has 0 aliphatic heterocycles. The van der Waals surface area contributed by atoms with Crippen LogP contribution in [0.25, 0.3) is 10.4 Å². The zero-order valence-corrected chi connectivity index (χ0v) is 9.65. The maximum atomic E-state index is 11.2. The number of hydrogen-bond acceptors (Lipinski definition) is 3. The summed E-state index contributed by atoms with van der Waals surface area (Å²) in [4.78, 5) is 13.8. The van der Waals surface area contributed by atoms with Crippen molar-refractivity contribution in [3.05, 3.63) is 10.4 Å². The molecular formula is C9H18N4O2. The molecular weight excluding hydrogens is 196 g/mol. The van der Waals surface area contributed by atoms with Gasteiger partial charge in [-0.05, 0) is 32.2 Å². The van der Waals surface area contributed by atoms with Crippen LogP contribution in [0.15, 0.2) is 5.11 Å². The van der Waals surface area contributed by atoms with Crippen LogP contribution in [0.1, 0.15) is 27.7 Å². The quantitative estimate of drug-likeness (QED) is 0.442. The van der Waals surface area contributed by atoms with E-state index in [1.165, 1.54) is 0 Å². The van der Waals surface area contributed by atoms with Gasteiger partial charge in [-0.25, -0.2) is 4.79 Å². The van der Waals surface area contributed by atoms with E-state index in [0.29, 0.717) is 13.1 Å². The average Bonchev–Trinajstić information content (AvgIpc) is 2.08. The second-order valence-corrected chi connectivity index (χ2v) is 4.40. The van der Waals surface area contributed by atoms with E-state index in [4.69, 9.17) is 10.3 Å². The fourth-order valence-corrected chi connectivity index (χ4v) is 0.812. The normalized spacial score (nSPS) is 12.5. The molecule has 86 valence electrons. The summed E-state index contributed by atoms with van der Waals surface area (Å²) in [5.74, 6) is 0.105. The number of alkyl carbamates (subject to hydrolysis) is 1. The lowest BCUT2D eigenvalue weighted by molar-refractivity contribution is 0.0521. The maximum Gasteiger partial charge on any atom is 0.407 e. The first kappa shape index (κ1) is 13.6. The van der Waals surface area contributed by atoms with Gasteiger partial charge in [0.2, 0.25) is 0 Å². The number of hydrogen-bond donors (Lipinski definition) is 1. The Bertz CT molecular complexity index is 253. The van der Waals surface area contributed by atoms with E-state index >= 15 is 0 Å². The molecule has 0 aromatic carbocycles. The van der Waals surface area contributed by atoms with Crippen LogP contribution in [-0.2, 0) is 4.74 Å². The number of carbonyl (C=O) groups excluding carboxylic acids is 1.